The van der Waals surface area contributed by atoms with Gasteiger partial charge in [0.25, 0.3) is 0 Å². The van der Waals surface area contributed by atoms with Gasteiger partial charge in [-0.1, -0.05) is 41.6 Å². The molecule has 0 heterocycles. The first-order valence-electron chi connectivity index (χ1n) is 6.62. The minimum Gasteiger partial charge on any atom is -0.229 e. The molecule has 0 atom stereocenters. The van der Waals surface area contributed by atoms with Crippen molar-refractivity contribution in [1.29, 1.82) is 0 Å². The molecule has 0 spiro atoms. The molecule has 1 rings (SSSR count). The highest BCUT2D eigenvalue weighted by Crippen LogP contribution is 2.38. The molecule has 0 radical (unpaired) electrons. The molecule has 0 N–H and O–H groups in total. The number of hydrogen-bond acceptors (Lipinski definition) is 4. The number of sulfone groups is 2. The fraction of sp³-hybridized carbons (Fsp3) is 1.00. The van der Waals surface area contributed by atoms with E-state index in [4.69, 9.17) is 0 Å². The number of hydrogen-bond donors (Lipinski definition) is 0. The average Bonchev–Trinajstić information content (AvgIpc) is 2.52. The van der Waals surface area contributed by atoms with Crippen LogP contribution >= 0.6 is 15.9 Å². The summed E-state index contributed by atoms with van der Waals surface area (Å²) >= 11 is 3.46. The highest BCUT2D eigenvalue weighted by atomic mass is 79.9. The molecule has 0 aromatic heterocycles. The predicted octanol–water partition coefficient (Wildman–Crippen LogP) is 2.18. The van der Waals surface area contributed by atoms with Gasteiger partial charge < -0.3 is 0 Å². The normalized spacial score (nSPS) is 20.9. The third-order valence-corrected chi connectivity index (χ3v) is 8.01. The molecule has 114 valence electrons. The van der Waals surface area contributed by atoms with Crippen LogP contribution in [0.1, 0.15) is 38.5 Å². The van der Waals surface area contributed by atoms with Crippen molar-refractivity contribution in [2.75, 3.05) is 28.8 Å². The van der Waals surface area contributed by atoms with Crippen LogP contribution in [0, 0.1) is 5.41 Å². The molecular formula is C12H23BrO4S2. The largest absolute Gasteiger partial charge is 0.229 e. The second-order valence-corrected chi connectivity index (χ2v) is 10.8. The molecule has 7 heteroatoms. The van der Waals surface area contributed by atoms with E-state index in [-0.39, 0.29) is 22.7 Å². The molecule has 0 aliphatic heterocycles. The lowest BCUT2D eigenvalue weighted by Gasteiger charge is -2.30. The van der Waals surface area contributed by atoms with Gasteiger partial charge in [0.05, 0.1) is 17.3 Å². The Labute approximate surface area is 125 Å². The molecule has 19 heavy (non-hydrogen) atoms. The molecule has 1 fully saturated rings. The number of halogens is 1. The van der Waals surface area contributed by atoms with Crippen LogP contribution in [0.5, 0.6) is 0 Å². The average molecular weight is 375 g/mol. The van der Waals surface area contributed by atoms with Gasteiger partial charge in [-0.25, -0.2) is 16.8 Å². The van der Waals surface area contributed by atoms with Crippen LogP contribution in [-0.2, 0) is 19.7 Å². The smallest absolute Gasteiger partial charge is 0.151 e. The first-order valence-corrected chi connectivity index (χ1v) is 11.6. The third-order valence-electron chi connectivity index (χ3n) is 3.74. The molecule has 1 aliphatic carbocycles. The van der Waals surface area contributed by atoms with Crippen LogP contribution < -0.4 is 0 Å². The predicted molar refractivity (Wildman–Crippen MR) is 82.3 cm³/mol. The standard InChI is InChI=1S/C12H23BrO4S2/c1-18(14,15)8-9-19(16,17)11-12(10-13)6-4-2-3-5-7-12/h2-11H2,1H3. The minimum atomic E-state index is -3.31. The lowest BCUT2D eigenvalue weighted by Crippen LogP contribution is -2.34. The van der Waals surface area contributed by atoms with E-state index >= 15 is 0 Å². The zero-order valence-electron chi connectivity index (χ0n) is 11.4. The van der Waals surface area contributed by atoms with E-state index in [2.05, 4.69) is 15.9 Å². The van der Waals surface area contributed by atoms with Gasteiger partial charge in [0.1, 0.15) is 9.84 Å². The van der Waals surface area contributed by atoms with E-state index in [1.807, 2.05) is 0 Å². The van der Waals surface area contributed by atoms with Crippen LogP contribution in [0.15, 0.2) is 0 Å². The van der Waals surface area contributed by atoms with Crippen molar-refractivity contribution in [3.8, 4) is 0 Å². The Morgan fingerprint density at radius 2 is 1.47 bits per heavy atom. The summed E-state index contributed by atoms with van der Waals surface area (Å²) in [5.41, 5.74) is -0.202. The molecule has 0 aromatic rings. The van der Waals surface area contributed by atoms with E-state index in [9.17, 15) is 16.8 Å². The van der Waals surface area contributed by atoms with Crippen molar-refractivity contribution in [1.82, 2.24) is 0 Å². The Morgan fingerprint density at radius 3 is 1.89 bits per heavy atom. The van der Waals surface area contributed by atoms with Gasteiger partial charge in [0.15, 0.2) is 9.84 Å². The van der Waals surface area contributed by atoms with Gasteiger partial charge in [-0.05, 0) is 18.3 Å². The first-order chi connectivity index (χ1) is 8.68. The molecule has 1 aliphatic rings. The second kappa shape index (κ2) is 6.89. The van der Waals surface area contributed by atoms with Gasteiger partial charge in [-0.15, -0.1) is 0 Å². The van der Waals surface area contributed by atoms with Gasteiger partial charge in [-0.3, -0.25) is 0 Å². The molecular weight excluding hydrogens is 352 g/mol. The summed E-state index contributed by atoms with van der Waals surface area (Å²) in [7, 11) is -6.53. The highest BCUT2D eigenvalue weighted by molar-refractivity contribution is 9.09. The van der Waals surface area contributed by atoms with E-state index in [1.165, 1.54) is 0 Å². The van der Waals surface area contributed by atoms with Gasteiger partial charge >= 0.3 is 0 Å². The van der Waals surface area contributed by atoms with Crippen LogP contribution in [0.3, 0.4) is 0 Å². The third kappa shape index (κ3) is 6.58. The SMILES string of the molecule is CS(=O)(=O)CCS(=O)(=O)CC1(CBr)CCCCCC1. The maximum atomic E-state index is 12.1. The van der Waals surface area contributed by atoms with Crippen molar-refractivity contribution in [3.63, 3.8) is 0 Å². The summed E-state index contributed by atoms with van der Waals surface area (Å²) in [6, 6.07) is 0. The van der Waals surface area contributed by atoms with Crippen molar-refractivity contribution in [3.05, 3.63) is 0 Å². The summed E-state index contributed by atoms with van der Waals surface area (Å²) in [6.07, 6.45) is 7.36. The number of rotatable bonds is 6. The Bertz CT molecular complexity index is 474. The maximum Gasteiger partial charge on any atom is 0.151 e. The summed E-state index contributed by atoms with van der Waals surface area (Å²) < 4.78 is 46.5. The fourth-order valence-corrected chi connectivity index (χ4v) is 7.33. The van der Waals surface area contributed by atoms with Crippen LogP contribution in [-0.4, -0.2) is 45.7 Å². The van der Waals surface area contributed by atoms with E-state index in [0.717, 1.165) is 44.8 Å². The monoisotopic (exact) mass is 374 g/mol. The minimum absolute atomic E-state index is 0.112. The fourth-order valence-electron chi connectivity index (χ4n) is 2.61. The molecule has 0 saturated heterocycles. The van der Waals surface area contributed by atoms with Crippen molar-refractivity contribution >= 4 is 35.6 Å². The van der Waals surface area contributed by atoms with Gasteiger partial charge in [0.2, 0.25) is 0 Å². The zero-order chi connectivity index (χ0) is 14.6. The van der Waals surface area contributed by atoms with Crippen molar-refractivity contribution < 1.29 is 16.8 Å². The van der Waals surface area contributed by atoms with Crippen LogP contribution in [0.25, 0.3) is 0 Å². The number of alkyl halides is 1. The maximum absolute atomic E-state index is 12.1. The lowest BCUT2D eigenvalue weighted by atomic mass is 9.85. The Kier molecular flexibility index (Phi) is 6.32. The molecule has 0 unspecified atom stereocenters. The molecule has 1 saturated carbocycles. The quantitative estimate of drug-likeness (QED) is 0.527. The van der Waals surface area contributed by atoms with E-state index in [1.54, 1.807) is 0 Å². The lowest BCUT2D eigenvalue weighted by molar-refractivity contribution is 0.327. The van der Waals surface area contributed by atoms with Crippen LogP contribution in [0.4, 0.5) is 0 Å². The highest BCUT2D eigenvalue weighted by Gasteiger charge is 2.35. The summed E-state index contributed by atoms with van der Waals surface area (Å²) in [6.45, 7) is 0. The Hall–Kier alpha value is 0.380. The van der Waals surface area contributed by atoms with Crippen LogP contribution in [0.2, 0.25) is 0 Å². The molecule has 0 bridgehead atoms. The molecule has 0 aromatic carbocycles. The van der Waals surface area contributed by atoms with Gasteiger partial charge in [-0.2, -0.15) is 0 Å². The van der Waals surface area contributed by atoms with E-state index < -0.39 is 19.7 Å². The van der Waals surface area contributed by atoms with Crippen molar-refractivity contribution in [2.45, 2.75) is 38.5 Å². The molecule has 0 amide bonds. The zero-order valence-corrected chi connectivity index (χ0v) is 14.6. The van der Waals surface area contributed by atoms with Gasteiger partial charge in [0, 0.05) is 11.6 Å². The summed E-state index contributed by atoms with van der Waals surface area (Å²) in [5, 5.41) is 0.679. The second-order valence-electron chi connectivity index (χ2n) is 5.77. The summed E-state index contributed by atoms with van der Waals surface area (Å²) in [5.74, 6) is -0.408. The van der Waals surface area contributed by atoms with Crippen molar-refractivity contribution in [2.24, 2.45) is 5.41 Å². The molecule has 4 nitrogen and oxygen atoms in total. The topological polar surface area (TPSA) is 68.3 Å². The van der Waals surface area contributed by atoms with E-state index in [0.29, 0.717) is 5.33 Å². The Morgan fingerprint density at radius 1 is 0.947 bits per heavy atom. The summed E-state index contributed by atoms with van der Waals surface area (Å²) in [4.78, 5) is 0. The Balaban J connectivity index is 2.73. The first kappa shape index (κ1) is 17.4.